The van der Waals surface area contributed by atoms with E-state index in [1.54, 1.807) is 12.1 Å². The fourth-order valence-electron chi connectivity index (χ4n) is 1.30. The molecule has 0 saturated heterocycles. The number of hydrogen-bond acceptors (Lipinski definition) is 2. The Kier molecular flexibility index (Phi) is 3.06. The number of nitrogens with zero attached hydrogens (tertiary/aromatic N) is 3. The summed E-state index contributed by atoms with van der Waals surface area (Å²) in [6.07, 6.45) is -1.68. The van der Waals surface area contributed by atoms with Crippen LogP contribution in [0.15, 0.2) is 30.6 Å². The third-order valence-corrected chi connectivity index (χ3v) is 2.27. The Hall–Kier alpha value is -1.56. The van der Waals surface area contributed by atoms with E-state index in [4.69, 9.17) is 11.6 Å². The van der Waals surface area contributed by atoms with Crippen LogP contribution in [0.1, 0.15) is 11.4 Å². The van der Waals surface area contributed by atoms with Gasteiger partial charge in [0, 0.05) is 17.4 Å². The van der Waals surface area contributed by atoms with Gasteiger partial charge in [-0.25, -0.2) is 0 Å². The molecule has 0 aliphatic heterocycles. The molecule has 0 saturated carbocycles. The number of hydrogen-bond donors (Lipinski definition) is 0. The zero-order valence-electron chi connectivity index (χ0n) is 8.45. The predicted molar refractivity (Wildman–Crippen MR) is 55.6 cm³/mol. The summed E-state index contributed by atoms with van der Waals surface area (Å²) in [5.74, 6) is 0. The van der Waals surface area contributed by atoms with Gasteiger partial charge in [-0.3, -0.25) is 9.67 Å². The van der Waals surface area contributed by atoms with Gasteiger partial charge in [0.05, 0.1) is 12.2 Å². The molecular weight excluding hydrogens is 255 g/mol. The van der Waals surface area contributed by atoms with Crippen LogP contribution < -0.4 is 0 Å². The molecule has 2 aromatic rings. The van der Waals surface area contributed by atoms with Crippen LogP contribution in [-0.2, 0) is 12.7 Å². The Bertz CT molecular complexity index is 522. The van der Waals surface area contributed by atoms with Crippen molar-refractivity contribution in [2.45, 2.75) is 12.7 Å². The van der Waals surface area contributed by atoms with Crippen LogP contribution in [0.2, 0.25) is 5.02 Å². The maximum Gasteiger partial charge on any atom is 0.435 e. The second kappa shape index (κ2) is 4.37. The van der Waals surface area contributed by atoms with Crippen LogP contribution >= 0.6 is 11.6 Å². The van der Waals surface area contributed by atoms with Gasteiger partial charge in [-0.2, -0.15) is 18.3 Å². The molecule has 0 spiro atoms. The lowest BCUT2D eigenvalue weighted by Crippen LogP contribution is -2.08. The molecule has 0 unspecified atom stereocenters. The SMILES string of the molecule is FC(F)(F)c1ccn(Cc2cc(Cl)ccn2)n1. The van der Waals surface area contributed by atoms with Crippen LogP contribution in [-0.4, -0.2) is 14.8 Å². The summed E-state index contributed by atoms with van der Waals surface area (Å²) in [5.41, 5.74) is -0.367. The smallest absolute Gasteiger partial charge is 0.266 e. The van der Waals surface area contributed by atoms with E-state index < -0.39 is 11.9 Å². The quantitative estimate of drug-likeness (QED) is 0.832. The molecule has 90 valence electrons. The molecule has 0 atom stereocenters. The molecule has 3 nitrogen and oxygen atoms in total. The zero-order chi connectivity index (χ0) is 12.5. The van der Waals surface area contributed by atoms with Gasteiger partial charge in [0.2, 0.25) is 0 Å². The molecule has 0 aromatic carbocycles. The van der Waals surface area contributed by atoms with Crippen molar-refractivity contribution in [3.05, 3.63) is 47.0 Å². The van der Waals surface area contributed by atoms with Gasteiger partial charge in [-0.05, 0) is 18.2 Å². The summed E-state index contributed by atoms with van der Waals surface area (Å²) < 4.78 is 38.0. The van der Waals surface area contributed by atoms with Crippen molar-refractivity contribution in [2.75, 3.05) is 0 Å². The van der Waals surface area contributed by atoms with E-state index in [1.807, 2.05) is 0 Å². The van der Waals surface area contributed by atoms with E-state index in [1.165, 1.54) is 17.1 Å². The highest BCUT2D eigenvalue weighted by molar-refractivity contribution is 6.30. The van der Waals surface area contributed by atoms with E-state index >= 15 is 0 Å². The lowest BCUT2D eigenvalue weighted by molar-refractivity contribution is -0.141. The van der Waals surface area contributed by atoms with Gasteiger partial charge in [-0.1, -0.05) is 11.6 Å². The first-order chi connectivity index (χ1) is 7.95. The van der Waals surface area contributed by atoms with Crippen LogP contribution in [0.4, 0.5) is 13.2 Å². The van der Waals surface area contributed by atoms with Crippen molar-refractivity contribution >= 4 is 11.6 Å². The summed E-state index contributed by atoms with van der Waals surface area (Å²) in [6.45, 7) is 0.149. The van der Waals surface area contributed by atoms with Gasteiger partial charge in [-0.15, -0.1) is 0 Å². The Morgan fingerprint density at radius 3 is 2.65 bits per heavy atom. The van der Waals surface area contributed by atoms with Gasteiger partial charge < -0.3 is 0 Å². The largest absolute Gasteiger partial charge is 0.435 e. The fraction of sp³-hybridized carbons (Fsp3) is 0.200. The normalized spacial score (nSPS) is 11.8. The minimum atomic E-state index is -4.42. The molecule has 17 heavy (non-hydrogen) atoms. The minimum absolute atomic E-state index is 0.149. The van der Waals surface area contributed by atoms with Crippen molar-refractivity contribution in [3.8, 4) is 0 Å². The molecular formula is C10H7ClF3N3. The molecule has 2 aromatic heterocycles. The van der Waals surface area contributed by atoms with Crippen LogP contribution in [0, 0.1) is 0 Å². The molecule has 0 aliphatic rings. The highest BCUT2D eigenvalue weighted by atomic mass is 35.5. The van der Waals surface area contributed by atoms with Crippen molar-refractivity contribution in [1.82, 2.24) is 14.8 Å². The summed E-state index contributed by atoms with van der Waals surface area (Å²) in [5, 5.41) is 3.90. The first-order valence-electron chi connectivity index (χ1n) is 4.66. The third kappa shape index (κ3) is 2.97. The summed E-state index contributed by atoms with van der Waals surface area (Å²) in [4.78, 5) is 3.98. The Labute approximate surface area is 99.8 Å². The topological polar surface area (TPSA) is 30.7 Å². The molecule has 0 fully saturated rings. The van der Waals surface area contributed by atoms with Crippen LogP contribution in [0.5, 0.6) is 0 Å². The Morgan fingerprint density at radius 2 is 2.06 bits per heavy atom. The third-order valence-electron chi connectivity index (χ3n) is 2.03. The van der Waals surface area contributed by atoms with Crippen molar-refractivity contribution < 1.29 is 13.2 Å². The second-order valence-corrected chi connectivity index (χ2v) is 3.80. The van der Waals surface area contributed by atoms with Crippen LogP contribution in [0.3, 0.4) is 0 Å². The molecule has 0 N–H and O–H groups in total. The molecule has 0 amide bonds. The molecule has 0 bridgehead atoms. The minimum Gasteiger partial charge on any atom is -0.266 e. The molecule has 0 aliphatic carbocycles. The van der Waals surface area contributed by atoms with Gasteiger partial charge in [0.25, 0.3) is 0 Å². The van der Waals surface area contributed by atoms with E-state index in [-0.39, 0.29) is 6.54 Å². The predicted octanol–water partition coefficient (Wildman–Crippen LogP) is 3.00. The van der Waals surface area contributed by atoms with Crippen LogP contribution in [0.25, 0.3) is 0 Å². The molecule has 2 rings (SSSR count). The van der Waals surface area contributed by atoms with Gasteiger partial charge in [0.15, 0.2) is 5.69 Å². The summed E-state index contributed by atoms with van der Waals surface area (Å²) >= 11 is 5.74. The number of aromatic nitrogens is 3. The van der Waals surface area contributed by atoms with Crippen molar-refractivity contribution in [1.29, 1.82) is 0 Å². The highest BCUT2D eigenvalue weighted by Gasteiger charge is 2.33. The second-order valence-electron chi connectivity index (χ2n) is 3.36. The van der Waals surface area contributed by atoms with E-state index in [2.05, 4.69) is 10.1 Å². The number of alkyl halides is 3. The van der Waals surface area contributed by atoms with Gasteiger partial charge in [0.1, 0.15) is 0 Å². The fourth-order valence-corrected chi connectivity index (χ4v) is 1.48. The van der Waals surface area contributed by atoms with E-state index in [0.717, 1.165) is 6.07 Å². The van der Waals surface area contributed by atoms with E-state index in [0.29, 0.717) is 10.7 Å². The standard InChI is InChI=1S/C10H7ClF3N3/c11-7-1-3-15-8(5-7)6-17-4-2-9(16-17)10(12,13)14/h1-5H,6H2. The first-order valence-corrected chi connectivity index (χ1v) is 5.04. The zero-order valence-corrected chi connectivity index (χ0v) is 9.20. The maximum absolute atomic E-state index is 12.3. The monoisotopic (exact) mass is 261 g/mol. The Balaban J connectivity index is 2.17. The lowest BCUT2D eigenvalue weighted by Gasteiger charge is -2.03. The molecule has 7 heteroatoms. The summed E-state index contributed by atoms with van der Waals surface area (Å²) in [7, 11) is 0. The molecule has 0 radical (unpaired) electrons. The highest BCUT2D eigenvalue weighted by Crippen LogP contribution is 2.27. The average Bonchev–Trinajstić information content (AvgIpc) is 2.65. The summed E-state index contributed by atoms with van der Waals surface area (Å²) in [6, 6.07) is 4.09. The van der Waals surface area contributed by atoms with Gasteiger partial charge >= 0.3 is 6.18 Å². The van der Waals surface area contributed by atoms with Crippen molar-refractivity contribution in [3.63, 3.8) is 0 Å². The number of rotatable bonds is 2. The average molecular weight is 262 g/mol. The number of halogens is 4. The molecule has 2 heterocycles. The maximum atomic E-state index is 12.3. The van der Waals surface area contributed by atoms with E-state index in [9.17, 15) is 13.2 Å². The number of pyridine rings is 1. The first kappa shape index (κ1) is 11.9. The Morgan fingerprint density at radius 1 is 1.29 bits per heavy atom. The van der Waals surface area contributed by atoms with Crippen molar-refractivity contribution in [2.24, 2.45) is 0 Å². The lowest BCUT2D eigenvalue weighted by atomic mass is 10.3.